The van der Waals surface area contributed by atoms with Gasteiger partial charge in [0.1, 0.15) is 0 Å². The van der Waals surface area contributed by atoms with Crippen molar-refractivity contribution in [3.8, 4) is 0 Å². The van der Waals surface area contributed by atoms with Crippen LogP contribution in [-0.4, -0.2) is 28.1 Å². The molecule has 1 saturated heterocycles. The minimum Gasteiger partial charge on any atom is -0.326 e. The zero-order chi connectivity index (χ0) is 15.7. The van der Waals surface area contributed by atoms with Crippen molar-refractivity contribution in [2.24, 2.45) is 20.0 Å². The van der Waals surface area contributed by atoms with Gasteiger partial charge in [-0.05, 0) is 50.0 Å². The summed E-state index contributed by atoms with van der Waals surface area (Å²) in [5.74, 6) is 0.648. The molecule has 2 heterocycles. The molecule has 0 radical (unpaired) electrons. The van der Waals surface area contributed by atoms with Crippen LogP contribution in [0.15, 0.2) is 23.0 Å². The standard InChI is InChI=1S/C16H22N4O2/c1-19-13-5-4-12(9-14(13)20(2)16(19)22)18-15(21)6-3-11-7-8-17-10-11/h4-5,9,11,17H,3,6-8,10H2,1-2H3,(H,18,21). The van der Waals surface area contributed by atoms with Crippen LogP contribution in [0.4, 0.5) is 5.69 Å². The van der Waals surface area contributed by atoms with Gasteiger partial charge in [-0.15, -0.1) is 0 Å². The van der Waals surface area contributed by atoms with E-state index in [-0.39, 0.29) is 11.6 Å². The van der Waals surface area contributed by atoms with E-state index in [9.17, 15) is 9.59 Å². The van der Waals surface area contributed by atoms with E-state index in [0.717, 1.165) is 42.7 Å². The predicted octanol–water partition coefficient (Wildman–Crippen LogP) is 1.21. The lowest BCUT2D eigenvalue weighted by molar-refractivity contribution is -0.116. The monoisotopic (exact) mass is 302 g/mol. The fraction of sp³-hybridized carbons (Fsp3) is 0.500. The van der Waals surface area contributed by atoms with Crippen molar-refractivity contribution in [1.82, 2.24) is 14.5 Å². The van der Waals surface area contributed by atoms with Crippen LogP contribution in [-0.2, 0) is 18.9 Å². The predicted molar refractivity (Wildman–Crippen MR) is 87.0 cm³/mol. The highest BCUT2D eigenvalue weighted by Crippen LogP contribution is 2.19. The van der Waals surface area contributed by atoms with E-state index >= 15 is 0 Å². The number of aromatic nitrogens is 2. The first-order valence-corrected chi connectivity index (χ1v) is 7.72. The Balaban J connectivity index is 1.69. The lowest BCUT2D eigenvalue weighted by Gasteiger charge is -2.09. The number of hydrogen-bond donors (Lipinski definition) is 2. The van der Waals surface area contributed by atoms with Gasteiger partial charge in [0, 0.05) is 26.2 Å². The Labute approximate surface area is 129 Å². The van der Waals surface area contributed by atoms with Crippen LogP contribution in [0.1, 0.15) is 19.3 Å². The smallest absolute Gasteiger partial charge is 0.326 e. The van der Waals surface area contributed by atoms with E-state index < -0.39 is 0 Å². The van der Waals surface area contributed by atoms with E-state index in [1.807, 2.05) is 18.2 Å². The summed E-state index contributed by atoms with van der Waals surface area (Å²) in [5, 5.41) is 6.24. The summed E-state index contributed by atoms with van der Waals surface area (Å²) in [6.45, 7) is 2.08. The Morgan fingerprint density at radius 1 is 1.32 bits per heavy atom. The summed E-state index contributed by atoms with van der Waals surface area (Å²) in [5.41, 5.74) is 2.36. The number of amides is 1. The van der Waals surface area contributed by atoms with E-state index in [4.69, 9.17) is 0 Å². The molecule has 1 fully saturated rings. The van der Waals surface area contributed by atoms with Gasteiger partial charge in [-0.25, -0.2) is 4.79 Å². The number of aryl methyl sites for hydroxylation is 2. The number of nitrogens with zero attached hydrogens (tertiary/aromatic N) is 2. The maximum Gasteiger partial charge on any atom is 0.328 e. The highest BCUT2D eigenvalue weighted by atomic mass is 16.2. The van der Waals surface area contributed by atoms with Crippen molar-refractivity contribution in [1.29, 1.82) is 0 Å². The molecule has 22 heavy (non-hydrogen) atoms. The fourth-order valence-electron chi connectivity index (χ4n) is 3.10. The Hall–Kier alpha value is -2.08. The second-order valence-corrected chi connectivity index (χ2v) is 6.05. The van der Waals surface area contributed by atoms with Crippen LogP contribution < -0.4 is 16.3 Å². The maximum absolute atomic E-state index is 12.1. The SMILES string of the molecule is Cn1c(=O)n(C)c2cc(NC(=O)CCC3CCNC3)ccc21. The third kappa shape index (κ3) is 2.78. The zero-order valence-corrected chi connectivity index (χ0v) is 13.1. The molecule has 0 spiro atoms. The molecule has 1 aliphatic heterocycles. The molecular formula is C16H22N4O2. The molecule has 1 unspecified atom stereocenters. The summed E-state index contributed by atoms with van der Waals surface area (Å²) >= 11 is 0. The molecule has 1 aromatic heterocycles. The third-order valence-electron chi connectivity index (χ3n) is 4.50. The van der Waals surface area contributed by atoms with Gasteiger partial charge in [-0.2, -0.15) is 0 Å². The van der Waals surface area contributed by atoms with Crippen LogP contribution in [0, 0.1) is 5.92 Å². The lowest BCUT2D eigenvalue weighted by atomic mass is 10.0. The highest BCUT2D eigenvalue weighted by molar-refractivity contribution is 5.93. The molecule has 1 atom stereocenters. The van der Waals surface area contributed by atoms with E-state index in [0.29, 0.717) is 12.3 Å². The van der Waals surface area contributed by atoms with Crippen molar-refractivity contribution in [2.45, 2.75) is 19.3 Å². The number of fused-ring (bicyclic) bond motifs is 1. The fourth-order valence-corrected chi connectivity index (χ4v) is 3.10. The molecule has 0 bridgehead atoms. The van der Waals surface area contributed by atoms with Crippen molar-refractivity contribution in [3.05, 3.63) is 28.7 Å². The van der Waals surface area contributed by atoms with Gasteiger partial charge in [-0.1, -0.05) is 0 Å². The van der Waals surface area contributed by atoms with Crippen LogP contribution in [0.5, 0.6) is 0 Å². The van der Waals surface area contributed by atoms with Gasteiger partial charge >= 0.3 is 5.69 Å². The number of nitrogens with one attached hydrogen (secondary N) is 2. The quantitative estimate of drug-likeness (QED) is 0.892. The molecule has 1 aromatic carbocycles. The molecule has 0 aliphatic carbocycles. The number of benzene rings is 1. The summed E-state index contributed by atoms with van der Waals surface area (Å²) < 4.78 is 3.20. The third-order valence-corrected chi connectivity index (χ3v) is 4.50. The van der Waals surface area contributed by atoms with E-state index in [1.54, 1.807) is 23.2 Å². The molecule has 1 amide bonds. The lowest BCUT2D eigenvalue weighted by Crippen LogP contribution is -2.19. The first-order valence-electron chi connectivity index (χ1n) is 7.72. The van der Waals surface area contributed by atoms with Crippen molar-refractivity contribution >= 4 is 22.6 Å². The normalized spacial score (nSPS) is 18.0. The highest BCUT2D eigenvalue weighted by Gasteiger charge is 2.16. The number of imidazole rings is 1. The van der Waals surface area contributed by atoms with Crippen molar-refractivity contribution < 1.29 is 4.79 Å². The van der Waals surface area contributed by atoms with Crippen molar-refractivity contribution in [2.75, 3.05) is 18.4 Å². The van der Waals surface area contributed by atoms with E-state index in [1.165, 1.54) is 0 Å². The number of hydrogen-bond acceptors (Lipinski definition) is 3. The molecule has 6 nitrogen and oxygen atoms in total. The molecule has 2 N–H and O–H groups in total. The Morgan fingerprint density at radius 2 is 2.09 bits per heavy atom. The van der Waals surface area contributed by atoms with Gasteiger partial charge in [-0.3, -0.25) is 13.9 Å². The van der Waals surface area contributed by atoms with Crippen LogP contribution in [0.2, 0.25) is 0 Å². The molecule has 118 valence electrons. The van der Waals surface area contributed by atoms with Gasteiger partial charge in [0.25, 0.3) is 0 Å². The Bertz CT molecular complexity index is 753. The first kappa shape index (κ1) is 14.8. The van der Waals surface area contributed by atoms with E-state index in [2.05, 4.69) is 10.6 Å². The number of carbonyl (C=O) groups excluding carboxylic acids is 1. The molecule has 3 rings (SSSR count). The average Bonchev–Trinajstić information content (AvgIpc) is 3.10. The summed E-state index contributed by atoms with van der Waals surface area (Å²) in [4.78, 5) is 24.0. The number of anilines is 1. The largest absolute Gasteiger partial charge is 0.328 e. The van der Waals surface area contributed by atoms with Gasteiger partial charge < -0.3 is 10.6 Å². The van der Waals surface area contributed by atoms with Gasteiger partial charge in [0.15, 0.2) is 0 Å². The average molecular weight is 302 g/mol. The zero-order valence-electron chi connectivity index (χ0n) is 13.1. The molecule has 6 heteroatoms. The number of rotatable bonds is 4. The topological polar surface area (TPSA) is 68.1 Å². The number of carbonyl (C=O) groups is 1. The molecule has 1 aliphatic rings. The van der Waals surface area contributed by atoms with Gasteiger partial charge in [0.2, 0.25) is 5.91 Å². The minimum absolute atomic E-state index is 0.0344. The van der Waals surface area contributed by atoms with Crippen LogP contribution in [0.3, 0.4) is 0 Å². The maximum atomic E-state index is 12.1. The summed E-state index contributed by atoms with van der Waals surface area (Å²) in [6, 6.07) is 5.57. The van der Waals surface area contributed by atoms with Crippen LogP contribution >= 0.6 is 0 Å². The Morgan fingerprint density at radius 3 is 2.82 bits per heavy atom. The molecule has 2 aromatic rings. The first-order chi connectivity index (χ1) is 10.6. The molecular weight excluding hydrogens is 280 g/mol. The Kier molecular flexibility index (Phi) is 4.02. The minimum atomic E-state index is -0.0628. The van der Waals surface area contributed by atoms with Crippen molar-refractivity contribution in [3.63, 3.8) is 0 Å². The molecule has 0 saturated carbocycles. The van der Waals surface area contributed by atoms with Crippen LogP contribution in [0.25, 0.3) is 11.0 Å². The summed E-state index contributed by atoms with van der Waals surface area (Å²) in [6.07, 6.45) is 2.62. The van der Waals surface area contributed by atoms with Gasteiger partial charge in [0.05, 0.1) is 11.0 Å². The second kappa shape index (κ2) is 5.96. The summed E-state index contributed by atoms with van der Waals surface area (Å²) in [7, 11) is 3.49. The second-order valence-electron chi connectivity index (χ2n) is 6.05.